The highest BCUT2D eigenvalue weighted by atomic mass is 35.5. The Kier molecular flexibility index (Phi) is 5.54. The van der Waals surface area contributed by atoms with Crippen molar-refractivity contribution in [1.29, 1.82) is 0 Å². The van der Waals surface area contributed by atoms with E-state index in [1.54, 1.807) is 0 Å². The van der Waals surface area contributed by atoms with Crippen molar-refractivity contribution in [3.05, 3.63) is 35.4 Å². The lowest BCUT2D eigenvalue weighted by molar-refractivity contribution is 0.0916. The van der Waals surface area contributed by atoms with Gasteiger partial charge in [-0.15, -0.1) is 11.6 Å². The van der Waals surface area contributed by atoms with E-state index < -0.39 is 23.1 Å². The summed E-state index contributed by atoms with van der Waals surface area (Å²) in [4.78, 5) is 11.8. The first-order chi connectivity index (χ1) is 8.47. The first-order valence-corrected chi connectivity index (χ1v) is 6.31. The molecular weight excluding hydrogens is 260 g/mol. The molecule has 1 amide bonds. The predicted molar refractivity (Wildman–Crippen MR) is 67.8 cm³/mol. The standard InChI is InChI=1S/C13H16ClF2NO/c1-8(2)11(6-7-14)17-13(18)12-9(15)4-3-5-10(12)16/h3-5,8,11H,6-7H2,1-2H3,(H,17,18). The van der Waals surface area contributed by atoms with Crippen molar-refractivity contribution < 1.29 is 13.6 Å². The third-order valence-corrected chi connectivity index (χ3v) is 2.95. The van der Waals surface area contributed by atoms with Gasteiger partial charge >= 0.3 is 0 Å². The molecule has 5 heteroatoms. The first kappa shape index (κ1) is 14.9. The summed E-state index contributed by atoms with van der Waals surface area (Å²) in [7, 11) is 0. The largest absolute Gasteiger partial charge is 0.349 e. The second-order valence-electron chi connectivity index (χ2n) is 4.40. The number of carbonyl (C=O) groups excluding carboxylic acids is 1. The zero-order valence-electron chi connectivity index (χ0n) is 10.3. The Labute approximate surface area is 110 Å². The average Bonchev–Trinajstić information content (AvgIpc) is 2.28. The summed E-state index contributed by atoms with van der Waals surface area (Å²) in [6, 6.07) is 3.14. The molecule has 0 aliphatic heterocycles. The first-order valence-electron chi connectivity index (χ1n) is 5.78. The van der Waals surface area contributed by atoms with Gasteiger partial charge in [-0.25, -0.2) is 8.78 Å². The maximum atomic E-state index is 13.4. The summed E-state index contributed by atoms with van der Waals surface area (Å²) in [5, 5.41) is 2.61. The maximum Gasteiger partial charge on any atom is 0.257 e. The fraction of sp³-hybridized carbons (Fsp3) is 0.462. The van der Waals surface area contributed by atoms with E-state index in [-0.39, 0.29) is 12.0 Å². The minimum atomic E-state index is -0.860. The fourth-order valence-electron chi connectivity index (χ4n) is 1.65. The van der Waals surface area contributed by atoms with Crippen molar-refractivity contribution in [2.24, 2.45) is 5.92 Å². The van der Waals surface area contributed by atoms with Crippen molar-refractivity contribution in [3.8, 4) is 0 Å². The molecule has 0 aliphatic carbocycles. The number of amides is 1. The van der Waals surface area contributed by atoms with Crippen LogP contribution in [0.3, 0.4) is 0 Å². The van der Waals surface area contributed by atoms with E-state index in [0.717, 1.165) is 12.1 Å². The quantitative estimate of drug-likeness (QED) is 0.821. The number of rotatable bonds is 5. The molecule has 0 saturated carbocycles. The number of alkyl halides is 1. The molecule has 18 heavy (non-hydrogen) atoms. The van der Waals surface area contributed by atoms with Crippen LogP contribution in [0.2, 0.25) is 0 Å². The fourth-order valence-corrected chi connectivity index (χ4v) is 1.88. The van der Waals surface area contributed by atoms with Crippen molar-refractivity contribution in [2.75, 3.05) is 5.88 Å². The van der Waals surface area contributed by atoms with Crippen LogP contribution in [-0.2, 0) is 0 Å². The number of benzene rings is 1. The normalized spacial score (nSPS) is 12.6. The van der Waals surface area contributed by atoms with E-state index in [0.29, 0.717) is 12.3 Å². The summed E-state index contributed by atoms with van der Waals surface area (Å²) in [5.41, 5.74) is -0.544. The zero-order chi connectivity index (χ0) is 13.7. The van der Waals surface area contributed by atoms with Crippen LogP contribution in [0.15, 0.2) is 18.2 Å². The van der Waals surface area contributed by atoms with Gasteiger partial charge in [-0.2, -0.15) is 0 Å². The average molecular weight is 276 g/mol. The third-order valence-electron chi connectivity index (χ3n) is 2.73. The van der Waals surface area contributed by atoms with Gasteiger partial charge in [0.05, 0.1) is 0 Å². The Morgan fingerprint density at radius 2 is 1.89 bits per heavy atom. The smallest absolute Gasteiger partial charge is 0.257 e. The van der Waals surface area contributed by atoms with E-state index >= 15 is 0 Å². The molecule has 1 N–H and O–H groups in total. The molecule has 1 rings (SSSR count). The van der Waals surface area contributed by atoms with E-state index in [4.69, 9.17) is 11.6 Å². The number of carbonyl (C=O) groups is 1. The predicted octanol–water partition coefficient (Wildman–Crippen LogP) is 3.35. The van der Waals surface area contributed by atoms with E-state index in [9.17, 15) is 13.6 Å². The highest BCUT2D eigenvalue weighted by Crippen LogP contribution is 2.14. The van der Waals surface area contributed by atoms with Crippen LogP contribution in [0, 0.1) is 17.6 Å². The molecule has 1 atom stereocenters. The van der Waals surface area contributed by atoms with Gasteiger partial charge in [0.1, 0.15) is 17.2 Å². The maximum absolute atomic E-state index is 13.4. The monoisotopic (exact) mass is 275 g/mol. The third kappa shape index (κ3) is 3.67. The molecular formula is C13H16ClF2NO. The van der Waals surface area contributed by atoms with Gasteiger partial charge in [-0.3, -0.25) is 4.79 Å². The molecule has 0 bridgehead atoms. The zero-order valence-corrected chi connectivity index (χ0v) is 11.1. The van der Waals surface area contributed by atoms with Crippen LogP contribution in [-0.4, -0.2) is 17.8 Å². The molecule has 1 unspecified atom stereocenters. The molecule has 0 aliphatic rings. The van der Waals surface area contributed by atoms with Crippen LogP contribution in [0.1, 0.15) is 30.6 Å². The van der Waals surface area contributed by atoms with Crippen LogP contribution in [0.5, 0.6) is 0 Å². The van der Waals surface area contributed by atoms with Gasteiger partial charge in [0.15, 0.2) is 0 Å². The molecule has 1 aromatic rings. The molecule has 100 valence electrons. The highest BCUT2D eigenvalue weighted by molar-refractivity contribution is 6.17. The molecule has 1 aromatic carbocycles. The van der Waals surface area contributed by atoms with Gasteiger partial charge in [0.25, 0.3) is 5.91 Å². The van der Waals surface area contributed by atoms with Crippen molar-refractivity contribution in [3.63, 3.8) is 0 Å². The van der Waals surface area contributed by atoms with Crippen molar-refractivity contribution >= 4 is 17.5 Å². The van der Waals surface area contributed by atoms with E-state index in [1.165, 1.54) is 6.07 Å². The molecule has 0 radical (unpaired) electrons. The summed E-state index contributed by atoms with van der Waals surface area (Å²) in [6.45, 7) is 3.82. The van der Waals surface area contributed by atoms with E-state index in [2.05, 4.69) is 5.32 Å². The second-order valence-corrected chi connectivity index (χ2v) is 4.78. The van der Waals surface area contributed by atoms with Crippen molar-refractivity contribution in [2.45, 2.75) is 26.3 Å². The lowest BCUT2D eigenvalue weighted by Gasteiger charge is -2.21. The lowest BCUT2D eigenvalue weighted by Crippen LogP contribution is -2.39. The SMILES string of the molecule is CC(C)C(CCCl)NC(=O)c1c(F)cccc1F. The summed E-state index contributed by atoms with van der Waals surface area (Å²) in [5.74, 6) is -1.94. The molecule has 0 heterocycles. The number of hydrogen-bond acceptors (Lipinski definition) is 1. The Morgan fingerprint density at radius 1 is 1.33 bits per heavy atom. The summed E-state index contributed by atoms with van der Waals surface area (Å²) >= 11 is 5.63. The molecule has 0 fully saturated rings. The van der Waals surface area contributed by atoms with Crippen LogP contribution < -0.4 is 5.32 Å². The van der Waals surface area contributed by atoms with Crippen LogP contribution in [0.4, 0.5) is 8.78 Å². The van der Waals surface area contributed by atoms with Gasteiger partial charge in [-0.1, -0.05) is 19.9 Å². The highest BCUT2D eigenvalue weighted by Gasteiger charge is 2.21. The Bertz CT molecular complexity index is 403. The van der Waals surface area contributed by atoms with Gasteiger partial charge < -0.3 is 5.32 Å². The van der Waals surface area contributed by atoms with Gasteiger partial charge in [0, 0.05) is 11.9 Å². The molecule has 0 saturated heterocycles. The van der Waals surface area contributed by atoms with Gasteiger partial charge in [-0.05, 0) is 24.5 Å². The van der Waals surface area contributed by atoms with Crippen molar-refractivity contribution in [1.82, 2.24) is 5.32 Å². The molecule has 0 aromatic heterocycles. The van der Waals surface area contributed by atoms with Crippen LogP contribution >= 0.6 is 11.6 Å². The van der Waals surface area contributed by atoms with Gasteiger partial charge in [0.2, 0.25) is 0 Å². The lowest BCUT2D eigenvalue weighted by atomic mass is 10.0. The number of hydrogen-bond donors (Lipinski definition) is 1. The Hall–Kier alpha value is -1.16. The summed E-state index contributed by atoms with van der Waals surface area (Å²) < 4.78 is 26.8. The number of halogens is 3. The number of nitrogens with one attached hydrogen (secondary N) is 1. The molecule has 0 spiro atoms. The summed E-state index contributed by atoms with van der Waals surface area (Å²) in [6.07, 6.45) is 0.557. The topological polar surface area (TPSA) is 29.1 Å². The Balaban J connectivity index is 2.87. The minimum Gasteiger partial charge on any atom is -0.349 e. The van der Waals surface area contributed by atoms with E-state index in [1.807, 2.05) is 13.8 Å². The second kappa shape index (κ2) is 6.69. The molecule has 2 nitrogen and oxygen atoms in total. The van der Waals surface area contributed by atoms with Crippen LogP contribution in [0.25, 0.3) is 0 Å². The Morgan fingerprint density at radius 3 is 2.33 bits per heavy atom. The minimum absolute atomic E-state index is 0.141.